The zero-order valence-electron chi connectivity index (χ0n) is 9.84. The molecule has 3 rings (SSSR count). The summed E-state index contributed by atoms with van der Waals surface area (Å²) in [6.07, 6.45) is 0. The minimum atomic E-state index is -0.433. The lowest BCUT2D eigenvalue weighted by molar-refractivity contribution is 0.103. The SMILES string of the molecule is Cn1c(=O)oc2cc(C(=O)c3csc(Br)c3)ccc21. The number of rotatable bonds is 2. The van der Waals surface area contributed by atoms with Crippen LogP contribution in [0, 0.1) is 0 Å². The number of fused-ring (bicyclic) bond motifs is 1. The number of hydrogen-bond acceptors (Lipinski definition) is 4. The first-order valence-corrected chi connectivity index (χ1v) is 7.12. The van der Waals surface area contributed by atoms with Crippen LogP contribution in [0.5, 0.6) is 0 Å². The molecule has 0 saturated heterocycles. The number of thiophene rings is 1. The number of ketones is 1. The molecule has 19 heavy (non-hydrogen) atoms. The number of aryl methyl sites for hydroxylation is 1. The van der Waals surface area contributed by atoms with Gasteiger partial charge < -0.3 is 4.42 Å². The van der Waals surface area contributed by atoms with Crippen LogP contribution in [0.1, 0.15) is 15.9 Å². The van der Waals surface area contributed by atoms with Crippen molar-refractivity contribution in [2.45, 2.75) is 0 Å². The lowest BCUT2D eigenvalue weighted by Gasteiger charge is -1.98. The predicted octanol–water partition coefficient (Wildman–Crippen LogP) is 3.19. The van der Waals surface area contributed by atoms with E-state index in [1.165, 1.54) is 15.9 Å². The van der Waals surface area contributed by atoms with E-state index in [1.807, 2.05) is 0 Å². The molecule has 0 N–H and O–H groups in total. The van der Waals surface area contributed by atoms with Gasteiger partial charge in [0.05, 0.1) is 9.30 Å². The predicted molar refractivity (Wildman–Crippen MR) is 76.9 cm³/mol. The Morgan fingerprint density at radius 3 is 2.79 bits per heavy atom. The van der Waals surface area contributed by atoms with Crippen molar-refractivity contribution >= 4 is 44.1 Å². The van der Waals surface area contributed by atoms with Crippen molar-refractivity contribution in [3.8, 4) is 0 Å². The van der Waals surface area contributed by atoms with E-state index >= 15 is 0 Å². The molecule has 6 heteroatoms. The van der Waals surface area contributed by atoms with E-state index in [9.17, 15) is 9.59 Å². The number of aromatic nitrogens is 1. The second-order valence-electron chi connectivity index (χ2n) is 4.08. The Balaban J connectivity index is 2.11. The van der Waals surface area contributed by atoms with Crippen molar-refractivity contribution in [1.82, 2.24) is 4.57 Å². The maximum absolute atomic E-state index is 12.3. The van der Waals surface area contributed by atoms with Crippen molar-refractivity contribution in [1.29, 1.82) is 0 Å². The minimum Gasteiger partial charge on any atom is -0.408 e. The zero-order chi connectivity index (χ0) is 13.6. The Morgan fingerprint density at radius 2 is 2.11 bits per heavy atom. The van der Waals surface area contributed by atoms with Gasteiger partial charge >= 0.3 is 5.76 Å². The minimum absolute atomic E-state index is 0.0876. The molecule has 96 valence electrons. The molecule has 2 aromatic heterocycles. The molecule has 2 heterocycles. The summed E-state index contributed by atoms with van der Waals surface area (Å²) in [4.78, 5) is 23.7. The van der Waals surface area contributed by atoms with E-state index in [1.54, 1.807) is 36.7 Å². The van der Waals surface area contributed by atoms with Crippen LogP contribution in [0.2, 0.25) is 0 Å². The highest BCUT2D eigenvalue weighted by Gasteiger charge is 2.14. The smallest absolute Gasteiger partial charge is 0.408 e. The third-order valence-electron chi connectivity index (χ3n) is 2.88. The average Bonchev–Trinajstić information content (AvgIpc) is 2.94. The van der Waals surface area contributed by atoms with E-state index in [2.05, 4.69) is 15.9 Å². The summed E-state index contributed by atoms with van der Waals surface area (Å²) < 4.78 is 7.39. The van der Waals surface area contributed by atoms with Gasteiger partial charge in [-0.2, -0.15) is 0 Å². The first-order chi connectivity index (χ1) is 9.06. The van der Waals surface area contributed by atoms with Crippen LogP contribution in [0.15, 0.2) is 42.6 Å². The fraction of sp³-hybridized carbons (Fsp3) is 0.0769. The number of carbonyl (C=O) groups is 1. The molecule has 4 nitrogen and oxygen atoms in total. The standard InChI is InChI=1S/C13H8BrNO3S/c1-15-9-3-2-7(4-10(9)18-13(15)17)12(16)8-5-11(14)19-6-8/h2-6H,1H3. The van der Waals surface area contributed by atoms with Gasteiger partial charge in [-0.05, 0) is 40.2 Å². The van der Waals surface area contributed by atoms with Gasteiger partial charge in [0.25, 0.3) is 0 Å². The van der Waals surface area contributed by atoms with Gasteiger partial charge in [-0.1, -0.05) is 0 Å². The Bertz CT molecular complexity index is 843. The summed E-state index contributed by atoms with van der Waals surface area (Å²) >= 11 is 4.78. The van der Waals surface area contributed by atoms with Crippen LogP contribution in [0.3, 0.4) is 0 Å². The van der Waals surface area contributed by atoms with Gasteiger partial charge in [-0.3, -0.25) is 9.36 Å². The first kappa shape index (κ1) is 12.4. The van der Waals surface area contributed by atoms with E-state index in [4.69, 9.17) is 4.42 Å². The summed E-state index contributed by atoms with van der Waals surface area (Å²) in [5, 5.41) is 1.79. The van der Waals surface area contributed by atoms with E-state index in [0.717, 1.165) is 3.79 Å². The second kappa shape index (κ2) is 4.47. The molecular weight excluding hydrogens is 330 g/mol. The van der Waals surface area contributed by atoms with E-state index in [-0.39, 0.29) is 5.78 Å². The Hall–Kier alpha value is -1.66. The van der Waals surface area contributed by atoms with Crippen molar-refractivity contribution < 1.29 is 9.21 Å². The highest BCUT2D eigenvalue weighted by molar-refractivity contribution is 9.11. The lowest BCUT2D eigenvalue weighted by Crippen LogP contribution is -2.08. The van der Waals surface area contributed by atoms with Crippen molar-refractivity contribution in [2.75, 3.05) is 0 Å². The lowest BCUT2D eigenvalue weighted by atomic mass is 10.1. The Morgan fingerprint density at radius 1 is 1.32 bits per heavy atom. The van der Waals surface area contributed by atoms with Crippen LogP contribution in [-0.4, -0.2) is 10.4 Å². The highest BCUT2D eigenvalue weighted by Crippen LogP contribution is 2.24. The Kier molecular flexibility index (Phi) is 2.91. The van der Waals surface area contributed by atoms with Crippen LogP contribution >= 0.6 is 27.3 Å². The van der Waals surface area contributed by atoms with Gasteiger partial charge in [0.15, 0.2) is 11.4 Å². The van der Waals surface area contributed by atoms with Gasteiger partial charge in [0, 0.05) is 23.6 Å². The molecular formula is C13H8BrNO3S. The average molecular weight is 338 g/mol. The molecule has 0 aliphatic heterocycles. The van der Waals surface area contributed by atoms with Crippen molar-refractivity contribution in [3.63, 3.8) is 0 Å². The van der Waals surface area contributed by atoms with Gasteiger partial charge in [-0.25, -0.2) is 4.79 Å². The molecule has 0 aliphatic carbocycles. The molecule has 0 bridgehead atoms. The maximum atomic E-state index is 12.3. The summed E-state index contributed by atoms with van der Waals surface area (Å²) in [5.74, 6) is -0.520. The number of nitrogens with zero attached hydrogens (tertiary/aromatic N) is 1. The fourth-order valence-electron chi connectivity index (χ4n) is 1.87. The van der Waals surface area contributed by atoms with Gasteiger partial charge in [-0.15, -0.1) is 11.3 Å². The highest BCUT2D eigenvalue weighted by atomic mass is 79.9. The third kappa shape index (κ3) is 2.06. The quantitative estimate of drug-likeness (QED) is 0.675. The molecule has 0 saturated carbocycles. The summed E-state index contributed by atoms with van der Waals surface area (Å²) in [6.45, 7) is 0. The van der Waals surface area contributed by atoms with Crippen LogP contribution in [0.25, 0.3) is 11.1 Å². The van der Waals surface area contributed by atoms with E-state index < -0.39 is 5.76 Å². The van der Waals surface area contributed by atoms with Gasteiger partial charge in [0.1, 0.15) is 0 Å². The summed E-state index contributed by atoms with van der Waals surface area (Å²) in [6, 6.07) is 6.79. The largest absolute Gasteiger partial charge is 0.419 e. The summed E-state index contributed by atoms with van der Waals surface area (Å²) in [7, 11) is 1.63. The second-order valence-corrected chi connectivity index (χ2v) is 6.37. The number of carbonyl (C=O) groups excluding carboxylic acids is 1. The third-order valence-corrected chi connectivity index (χ3v) is 4.39. The molecule has 3 aromatic rings. The van der Waals surface area contributed by atoms with Gasteiger partial charge in [0.2, 0.25) is 0 Å². The van der Waals surface area contributed by atoms with Crippen LogP contribution in [0.4, 0.5) is 0 Å². The summed E-state index contributed by atoms with van der Waals surface area (Å²) in [5.41, 5.74) is 2.22. The molecule has 1 aromatic carbocycles. The molecule has 0 amide bonds. The number of benzene rings is 1. The van der Waals surface area contributed by atoms with Crippen LogP contribution in [-0.2, 0) is 7.05 Å². The molecule has 0 aliphatic rings. The monoisotopic (exact) mass is 337 g/mol. The first-order valence-electron chi connectivity index (χ1n) is 5.44. The molecule has 0 radical (unpaired) electrons. The molecule has 0 atom stereocenters. The number of halogens is 1. The number of hydrogen-bond donors (Lipinski definition) is 0. The Labute approximate surface area is 120 Å². The van der Waals surface area contributed by atoms with Crippen LogP contribution < -0.4 is 5.76 Å². The normalized spacial score (nSPS) is 11.1. The zero-order valence-corrected chi connectivity index (χ0v) is 12.2. The van der Waals surface area contributed by atoms with E-state index in [0.29, 0.717) is 22.2 Å². The topological polar surface area (TPSA) is 52.2 Å². The molecule has 0 unspecified atom stereocenters. The van der Waals surface area contributed by atoms with Crippen molar-refractivity contribution in [2.24, 2.45) is 7.05 Å². The number of oxazole rings is 1. The molecule has 0 fully saturated rings. The molecule has 0 spiro atoms. The van der Waals surface area contributed by atoms with Crippen molar-refractivity contribution in [3.05, 3.63) is 55.1 Å². The fourth-order valence-corrected chi connectivity index (χ4v) is 3.01. The maximum Gasteiger partial charge on any atom is 0.419 e.